The van der Waals surface area contributed by atoms with Crippen LogP contribution in [0, 0.1) is 0 Å². The van der Waals surface area contributed by atoms with Crippen LogP contribution in [0.1, 0.15) is 33.1 Å². The van der Waals surface area contributed by atoms with Crippen LogP contribution in [-0.2, 0) is 4.74 Å². The average molecular weight is 269 g/mol. The molecule has 0 aliphatic carbocycles. The molecule has 2 aliphatic rings. The quantitative estimate of drug-likeness (QED) is 0.758. The number of piperazine rings is 1. The molecule has 1 N–H and O–H groups in total. The summed E-state index contributed by atoms with van der Waals surface area (Å²) in [6, 6.07) is 0.711. The largest absolute Gasteiger partial charge is 0.385 e. The maximum absolute atomic E-state index is 5.13. The first kappa shape index (κ1) is 15.2. The smallest absolute Gasteiger partial charge is 0.0474 e. The van der Waals surface area contributed by atoms with E-state index >= 15 is 0 Å². The Morgan fingerprint density at radius 1 is 1.21 bits per heavy atom. The van der Waals surface area contributed by atoms with Gasteiger partial charge >= 0.3 is 0 Å². The van der Waals surface area contributed by atoms with Gasteiger partial charge in [0.15, 0.2) is 0 Å². The second-order valence-corrected chi connectivity index (χ2v) is 6.53. The first-order chi connectivity index (χ1) is 9.13. The lowest BCUT2D eigenvalue weighted by molar-refractivity contribution is 0.0362. The number of piperidine rings is 1. The van der Waals surface area contributed by atoms with Crippen molar-refractivity contribution in [3.05, 3.63) is 0 Å². The highest BCUT2D eigenvalue weighted by Crippen LogP contribution is 2.25. The van der Waals surface area contributed by atoms with Crippen LogP contribution in [0.3, 0.4) is 0 Å². The van der Waals surface area contributed by atoms with E-state index in [9.17, 15) is 0 Å². The summed E-state index contributed by atoms with van der Waals surface area (Å²) < 4.78 is 5.13. The Balaban J connectivity index is 1.76. The maximum Gasteiger partial charge on any atom is 0.0474 e. The Bertz CT molecular complexity index is 262. The van der Waals surface area contributed by atoms with Gasteiger partial charge in [-0.1, -0.05) is 0 Å². The lowest BCUT2D eigenvalue weighted by Crippen LogP contribution is -2.63. The molecule has 0 aromatic rings. The van der Waals surface area contributed by atoms with E-state index in [4.69, 9.17) is 4.74 Å². The van der Waals surface area contributed by atoms with Crippen LogP contribution in [-0.4, -0.2) is 74.4 Å². The summed E-state index contributed by atoms with van der Waals surface area (Å²) in [5.41, 5.74) is 0.274. The Kier molecular flexibility index (Phi) is 5.63. The van der Waals surface area contributed by atoms with Crippen LogP contribution in [0.4, 0.5) is 0 Å². The summed E-state index contributed by atoms with van der Waals surface area (Å²) in [5, 5.41) is 3.69. The van der Waals surface area contributed by atoms with Crippen LogP contribution >= 0.6 is 0 Å². The third-order valence-corrected chi connectivity index (χ3v) is 4.74. The van der Waals surface area contributed by atoms with Gasteiger partial charge in [-0.2, -0.15) is 0 Å². The van der Waals surface area contributed by atoms with E-state index in [1.54, 1.807) is 7.11 Å². The molecule has 0 radical (unpaired) electrons. The molecular formula is C15H31N3O. The van der Waals surface area contributed by atoms with Crippen molar-refractivity contribution in [2.24, 2.45) is 0 Å². The van der Waals surface area contributed by atoms with Gasteiger partial charge in [-0.15, -0.1) is 0 Å². The second kappa shape index (κ2) is 7.02. The molecule has 0 spiro atoms. The molecule has 4 nitrogen and oxygen atoms in total. The van der Waals surface area contributed by atoms with Crippen molar-refractivity contribution in [2.75, 3.05) is 53.0 Å². The number of hydrogen-bond donors (Lipinski definition) is 1. The summed E-state index contributed by atoms with van der Waals surface area (Å²) in [7, 11) is 1.79. The standard InChI is InChI=1S/C15H31N3O/c1-15(2)14(6-4-7-16-15)18-11-9-17(10-12-18)8-5-13-19-3/h14,16H,4-13H2,1-3H3. The second-order valence-electron chi connectivity index (χ2n) is 6.53. The molecule has 2 aliphatic heterocycles. The first-order valence-electron chi connectivity index (χ1n) is 7.84. The minimum atomic E-state index is 0.274. The molecule has 2 heterocycles. The Hall–Kier alpha value is -0.160. The summed E-state index contributed by atoms with van der Waals surface area (Å²) in [6.45, 7) is 12.9. The molecule has 2 rings (SSSR count). The van der Waals surface area contributed by atoms with Gasteiger partial charge in [0.25, 0.3) is 0 Å². The third kappa shape index (κ3) is 4.15. The van der Waals surface area contributed by atoms with E-state index < -0.39 is 0 Å². The number of methoxy groups -OCH3 is 1. The fourth-order valence-corrected chi connectivity index (χ4v) is 3.55. The van der Waals surface area contributed by atoms with Crippen LogP contribution < -0.4 is 5.32 Å². The molecule has 0 aromatic heterocycles. The molecule has 0 aromatic carbocycles. The van der Waals surface area contributed by atoms with E-state index in [0.717, 1.165) is 13.0 Å². The van der Waals surface area contributed by atoms with Crippen molar-refractivity contribution in [1.29, 1.82) is 0 Å². The van der Waals surface area contributed by atoms with Crippen LogP contribution in [0.2, 0.25) is 0 Å². The minimum absolute atomic E-state index is 0.274. The van der Waals surface area contributed by atoms with Crippen LogP contribution in [0.15, 0.2) is 0 Å². The summed E-state index contributed by atoms with van der Waals surface area (Å²) in [5.74, 6) is 0. The van der Waals surface area contributed by atoms with E-state index in [1.165, 1.54) is 52.1 Å². The predicted octanol–water partition coefficient (Wildman–Crippen LogP) is 1.17. The molecule has 2 saturated heterocycles. The van der Waals surface area contributed by atoms with Crippen molar-refractivity contribution >= 4 is 0 Å². The summed E-state index contributed by atoms with van der Waals surface area (Å²) in [6.07, 6.45) is 3.83. The average Bonchev–Trinajstić information content (AvgIpc) is 2.40. The zero-order valence-electron chi connectivity index (χ0n) is 13.0. The van der Waals surface area contributed by atoms with E-state index in [0.29, 0.717) is 6.04 Å². The fourth-order valence-electron chi connectivity index (χ4n) is 3.55. The third-order valence-electron chi connectivity index (χ3n) is 4.74. The Morgan fingerprint density at radius 2 is 1.95 bits per heavy atom. The van der Waals surface area contributed by atoms with Gasteiger partial charge in [-0.25, -0.2) is 0 Å². The summed E-state index contributed by atoms with van der Waals surface area (Å²) in [4.78, 5) is 5.29. The lowest BCUT2D eigenvalue weighted by Gasteiger charge is -2.48. The van der Waals surface area contributed by atoms with Gasteiger partial charge in [0.2, 0.25) is 0 Å². The number of nitrogens with one attached hydrogen (secondary N) is 1. The molecule has 0 amide bonds. The van der Waals surface area contributed by atoms with Gasteiger partial charge < -0.3 is 15.0 Å². The van der Waals surface area contributed by atoms with Crippen molar-refractivity contribution in [2.45, 2.75) is 44.7 Å². The number of ether oxygens (including phenoxy) is 1. The first-order valence-corrected chi connectivity index (χ1v) is 7.84. The number of hydrogen-bond acceptors (Lipinski definition) is 4. The van der Waals surface area contributed by atoms with E-state index in [2.05, 4.69) is 29.0 Å². The fraction of sp³-hybridized carbons (Fsp3) is 1.00. The molecule has 1 atom stereocenters. The van der Waals surface area contributed by atoms with Crippen molar-refractivity contribution in [1.82, 2.24) is 15.1 Å². The van der Waals surface area contributed by atoms with Gasteiger partial charge in [0.05, 0.1) is 0 Å². The van der Waals surface area contributed by atoms with Crippen molar-refractivity contribution < 1.29 is 4.74 Å². The predicted molar refractivity (Wildman–Crippen MR) is 79.6 cm³/mol. The summed E-state index contributed by atoms with van der Waals surface area (Å²) >= 11 is 0. The molecule has 112 valence electrons. The molecule has 19 heavy (non-hydrogen) atoms. The molecule has 4 heteroatoms. The monoisotopic (exact) mass is 269 g/mol. The topological polar surface area (TPSA) is 27.7 Å². The minimum Gasteiger partial charge on any atom is -0.385 e. The molecular weight excluding hydrogens is 238 g/mol. The van der Waals surface area contributed by atoms with E-state index in [1.807, 2.05) is 0 Å². The highest BCUT2D eigenvalue weighted by molar-refractivity contribution is 4.97. The van der Waals surface area contributed by atoms with Crippen LogP contribution in [0.25, 0.3) is 0 Å². The zero-order valence-corrected chi connectivity index (χ0v) is 13.0. The normalized spacial score (nSPS) is 29.5. The Morgan fingerprint density at radius 3 is 2.58 bits per heavy atom. The molecule has 0 saturated carbocycles. The van der Waals surface area contributed by atoms with Crippen molar-refractivity contribution in [3.8, 4) is 0 Å². The highest BCUT2D eigenvalue weighted by Gasteiger charge is 2.36. The molecule has 2 fully saturated rings. The van der Waals surface area contributed by atoms with Gasteiger partial charge in [-0.05, 0) is 39.7 Å². The lowest BCUT2D eigenvalue weighted by atomic mass is 9.85. The maximum atomic E-state index is 5.13. The zero-order chi connectivity index (χ0) is 13.7. The van der Waals surface area contributed by atoms with Crippen LogP contribution in [0.5, 0.6) is 0 Å². The van der Waals surface area contributed by atoms with Gasteiger partial charge in [0.1, 0.15) is 0 Å². The van der Waals surface area contributed by atoms with Crippen molar-refractivity contribution in [3.63, 3.8) is 0 Å². The highest BCUT2D eigenvalue weighted by atomic mass is 16.5. The van der Waals surface area contributed by atoms with Gasteiger partial charge in [-0.3, -0.25) is 4.90 Å². The Labute approximate surface area is 118 Å². The SMILES string of the molecule is COCCCN1CCN(C2CCCNC2(C)C)CC1. The number of rotatable bonds is 5. The molecule has 1 unspecified atom stereocenters. The van der Waals surface area contributed by atoms with E-state index in [-0.39, 0.29) is 5.54 Å². The van der Waals surface area contributed by atoms with Gasteiger partial charge in [0, 0.05) is 58.0 Å². The number of nitrogens with zero attached hydrogens (tertiary/aromatic N) is 2. The molecule has 0 bridgehead atoms.